The van der Waals surface area contributed by atoms with Gasteiger partial charge in [0.25, 0.3) is 5.91 Å². The Balaban J connectivity index is 5.22. The van der Waals surface area contributed by atoms with E-state index in [2.05, 4.69) is 16.4 Å². The van der Waals surface area contributed by atoms with Crippen LogP contribution in [0, 0.1) is 17.8 Å². The van der Waals surface area contributed by atoms with Gasteiger partial charge in [0.05, 0.1) is 12.6 Å². The number of Topliss-reactive ketones (excluding diaryl/α,β-unsaturated/α-hetero) is 2. The lowest BCUT2D eigenvalue weighted by atomic mass is 9.90. The van der Waals surface area contributed by atoms with Crippen LogP contribution >= 0.6 is 0 Å². The third-order valence-electron chi connectivity index (χ3n) is 5.18. The molecule has 0 aliphatic carbocycles. The van der Waals surface area contributed by atoms with Gasteiger partial charge in [0, 0.05) is 43.0 Å². The highest BCUT2D eigenvalue weighted by molar-refractivity contribution is 5.94. The molecule has 0 spiro atoms. The number of amides is 3. The molecule has 0 aromatic rings. The molecule has 0 aliphatic rings. The smallest absolute Gasteiger partial charge is 0.275 e. The van der Waals surface area contributed by atoms with Crippen molar-refractivity contribution in [2.75, 3.05) is 13.1 Å². The predicted molar refractivity (Wildman–Crippen MR) is 116 cm³/mol. The van der Waals surface area contributed by atoms with E-state index in [4.69, 9.17) is 5.73 Å². The lowest BCUT2D eigenvalue weighted by Gasteiger charge is -2.22. The number of nitrogens with one attached hydrogen (secondary N) is 2. The van der Waals surface area contributed by atoms with E-state index >= 15 is 0 Å². The van der Waals surface area contributed by atoms with E-state index in [1.54, 1.807) is 0 Å². The minimum absolute atomic E-state index is 0.0539. The second-order valence-electron chi connectivity index (χ2n) is 8.76. The van der Waals surface area contributed by atoms with Gasteiger partial charge in [-0.15, -0.1) is 0 Å². The summed E-state index contributed by atoms with van der Waals surface area (Å²) in [4.78, 5) is 82.3. The first-order chi connectivity index (χ1) is 16.3. The van der Waals surface area contributed by atoms with Crippen molar-refractivity contribution in [2.24, 2.45) is 23.5 Å². The molecule has 13 nitrogen and oxygen atoms in total. The number of carboxylic acids is 2. The van der Waals surface area contributed by atoms with Crippen LogP contribution in [-0.4, -0.2) is 60.4 Å². The maximum Gasteiger partial charge on any atom is 0.275 e. The molecule has 0 aromatic heterocycles. The van der Waals surface area contributed by atoms with E-state index in [9.17, 15) is 43.8 Å². The Morgan fingerprint density at radius 3 is 2.00 bits per heavy atom. The first-order valence-electron chi connectivity index (χ1n) is 11.4. The number of aliphatic carboxylic acids is 2. The van der Waals surface area contributed by atoms with Gasteiger partial charge < -0.3 is 41.9 Å². The van der Waals surface area contributed by atoms with E-state index < -0.39 is 78.5 Å². The van der Waals surface area contributed by atoms with Crippen LogP contribution in [-0.2, 0) is 33.6 Å². The van der Waals surface area contributed by atoms with Crippen LogP contribution in [0.3, 0.4) is 0 Å². The first kappa shape index (κ1) is 31.6. The van der Waals surface area contributed by atoms with Gasteiger partial charge in [-0.2, -0.15) is 0 Å². The van der Waals surface area contributed by atoms with Crippen molar-refractivity contribution in [3.05, 3.63) is 0 Å². The van der Waals surface area contributed by atoms with Crippen molar-refractivity contribution in [2.45, 2.75) is 64.8 Å². The molecule has 0 fully saturated rings. The number of hydrogen-bond acceptors (Lipinski definition) is 9. The molecule has 0 heterocycles. The number of quaternary nitrogens is 1. The van der Waals surface area contributed by atoms with E-state index in [0.29, 0.717) is 6.42 Å². The van der Waals surface area contributed by atoms with Gasteiger partial charge in [0.2, 0.25) is 11.8 Å². The van der Waals surface area contributed by atoms with Gasteiger partial charge in [-0.05, 0) is 31.6 Å². The first-order valence-corrected chi connectivity index (χ1v) is 11.4. The third-order valence-corrected chi connectivity index (χ3v) is 5.18. The number of carbonyl (C=O) groups is 7. The van der Waals surface area contributed by atoms with E-state index in [-0.39, 0.29) is 38.1 Å². The monoisotopic (exact) mass is 499 g/mol. The molecule has 35 heavy (non-hydrogen) atoms. The highest BCUT2D eigenvalue weighted by Crippen LogP contribution is 2.17. The zero-order chi connectivity index (χ0) is 27.1. The van der Waals surface area contributed by atoms with Crippen molar-refractivity contribution in [1.82, 2.24) is 10.6 Å². The van der Waals surface area contributed by atoms with Crippen LogP contribution in [0.15, 0.2) is 0 Å². The molecular weight excluding hydrogens is 464 g/mol. The Hall–Kier alpha value is -3.35. The second kappa shape index (κ2) is 16.3. The Labute approximate surface area is 203 Å². The molecule has 0 aromatic carbocycles. The lowest BCUT2D eigenvalue weighted by molar-refractivity contribution is -0.355. The molecule has 0 bridgehead atoms. The standard InChI is InChI=1S/C22H36N4O9/c1-12(2)7-16(26-19(30)10-23)17(28)9-13(3-5-18(24)29)21(33)25-11-15(27)8-14(22(34)35)4-6-20(31)32/h12-14,16H,3-11,23H2,1-2H3,(H2,24,29)(H,25,33)(H,26,30)(H,31,32)(H,34,35)/p-1/t13-,14-,16+/m1/s1. The zero-order valence-electron chi connectivity index (χ0n) is 20.1. The Morgan fingerprint density at radius 2 is 1.51 bits per heavy atom. The summed E-state index contributed by atoms with van der Waals surface area (Å²) in [5.74, 6) is -8.38. The summed E-state index contributed by atoms with van der Waals surface area (Å²) < 4.78 is 0. The summed E-state index contributed by atoms with van der Waals surface area (Å²) >= 11 is 0. The highest BCUT2D eigenvalue weighted by Gasteiger charge is 2.29. The molecular formula is C22H35N4O9-. The van der Waals surface area contributed by atoms with Crippen molar-refractivity contribution < 1.29 is 49.5 Å². The molecule has 0 saturated carbocycles. The van der Waals surface area contributed by atoms with Crippen LogP contribution in [0.2, 0.25) is 0 Å². The van der Waals surface area contributed by atoms with E-state index in [1.807, 2.05) is 13.8 Å². The van der Waals surface area contributed by atoms with Crippen molar-refractivity contribution >= 4 is 41.2 Å². The predicted octanol–water partition coefficient (Wildman–Crippen LogP) is -4.43. The average Bonchev–Trinajstić information content (AvgIpc) is 2.76. The van der Waals surface area contributed by atoms with Crippen LogP contribution in [0.1, 0.15) is 58.8 Å². The molecule has 3 amide bonds. The number of ketones is 2. The van der Waals surface area contributed by atoms with Gasteiger partial charge in [0.15, 0.2) is 18.1 Å². The molecule has 198 valence electrons. The largest absolute Gasteiger partial charge is 0.550 e. The number of carboxylic acid groups (broad SMARTS) is 2. The van der Waals surface area contributed by atoms with Gasteiger partial charge in [-0.1, -0.05) is 13.8 Å². The molecule has 3 atom stereocenters. The summed E-state index contributed by atoms with van der Waals surface area (Å²) in [5, 5.41) is 26.5. The van der Waals surface area contributed by atoms with Gasteiger partial charge in [0.1, 0.15) is 0 Å². The van der Waals surface area contributed by atoms with Gasteiger partial charge in [-0.25, -0.2) is 0 Å². The lowest BCUT2D eigenvalue weighted by Crippen LogP contribution is -2.59. The summed E-state index contributed by atoms with van der Waals surface area (Å²) in [7, 11) is 0. The Bertz CT molecular complexity index is 798. The maximum atomic E-state index is 12.9. The van der Waals surface area contributed by atoms with Crippen LogP contribution in [0.5, 0.6) is 0 Å². The van der Waals surface area contributed by atoms with Gasteiger partial charge in [-0.3, -0.25) is 24.0 Å². The Morgan fingerprint density at radius 1 is 0.914 bits per heavy atom. The normalized spacial score (nSPS) is 13.4. The molecule has 13 heteroatoms. The minimum Gasteiger partial charge on any atom is -0.550 e. The maximum absolute atomic E-state index is 12.9. The summed E-state index contributed by atoms with van der Waals surface area (Å²) in [6, 6.07) is -0.859. The summed E-state index contributed by atoms with van der Waals surface area (Å²) in [6.07, 6.45) is -1.77. The SMILES string of the molecule is CC(C)C[C@H](NC(=O)C[NH3+])C(=O)C[C@@H](CCC(N)=O)C(=O)NCC(=O)C[C@@H](CCC(=O)[O-])C(=O)[O-]. The third kappa shape index (κ3) is 14.5. The number of carbonyl (C=O) groups excluding carboxylic acids is 7. The molecule has 0 radical (unpaired) electrons. The fourth-order valence-electron chi connectivity index (χ4n) is 3.31. The van der Waals surface area contributed by atoms with E-state index in [0.717, 1.165) is 0 Å². The summed E-state index contributed by atoms with van der Waals surface area (Å²) in [6.45, 7) is 3.06. The van der Waals surface area contributed by atoms with Gasteiger partial charge >= 0.3 is 0 Å². The van der Waals surface area contributed by atoms with Crippen molar-refractivity contribution in [3.63, 3.8) is 0 Å². The molecule has 0 rings (SSSR count). The summed E-state index contributed by atoms with van der Waals surface area (Å²) in [5.41, 5.74) is 8.62. The fourth-order valence-corrected chi connectivity index (χ4v) is 3.31. The quantitative estimate of drug-likeness (QED) is 0.134. The number of rotatable bonds is 19. The molecule has 0 saturated heterocycles. The second-order valence-corrected chi connectivity index (χ2v) is 8.76. The fraction of sp³-hybridized carbons (Fsp3) is 0.682. The average molecular weight is 500 g/mol. The number of primary amides is 1. The van der Waals surface area contributed by atoms with Crippen LogP contribution in [0.25, 0.3) is 0 Å². The van der Waals surface area contributed by atoms with Crippen molar-refractivity contribution in [1.29, 1.82) is 0 Å². The van der Waals surface area contributed by atoms with Crippen LogP contribution in [0.4, 0.5) is 0 Å². The molecule has 0 aliphatic heterocycles. The minimum atomic E-state index is -1.60. The zero-order valence-corrected chi connectivity index (χ0v) is 20.1. The van der Waals surface area contributed by atoms with Crippen molar-refractivity contribution in [3.8, 4) is 0 Å². The Kier molecular flexibility index (Phi) is 14.7. The molecule has 0 unspecified atom stereocenters. The molecule has 7 N–H and O–H groups in total. The van der Waals surface area contributed by atoms with E-state index in [1.165, 1.54) is 0 Å². The number of nitrogens with two attached hydrogens (primary N) is 1. The van der Waals surface area contributed by atoms with Crippen LogP contribution < -0.4 is 32.3 Å². The topological polar surface area (TPSA) is 243 Å². The highest BCUT2D eigenvalue weighted by atomic mass is 16.4. The number of hydrogen-bond donors (Lipinski definition) is 4.